The molecule has 0 bridgehead atoms. The van der Waals surface area contributed by atoms with E-state index in [4.69, 9.17) is 21.1 Å². The fraction of sp³-hybridized carbons (Fsp3) is 0.562. The van der Waals surface area contributed by atoms with E-state index in [0.29, 0.717) is 34.7 Å². The number of hydrogen-bond acceptors (Lipinski definition) is 4. The Balaban J connectivity index is 1.97. The van der Waals surface area contributed by atoms with Gasteiger partial charge in [0, 0.05) is 11.6 Å². The molecule has 1 saturated heterocycles. The van der Waals surface area contributed by atoms with Crippen LogP contribution in [0.3, 0.4) is 0 Å². The van der Waals surface area contributed by atoms with Crippen molar-refractivity contribution >= 4 is 17.9 Å². The summed E-state index contributed by atoms with van der Waals surface area (Å²) < 4.78 is 11.1. The quantitative estimate of drug-likeness (QED) is 0.755. The highest BCUT2D eigenvalue weighted by Crippen LogP contribution is 2.36. The van der Waals surface area contributed by atoms with Crippen LogP contribution in [0.25, 0.3) is 0 Å². The third-order valence-electron chi connectivity index (χ3n) is 4.01. The Labute approximate surface area is 131 Å². The summed E-state index contributed by atoms with van der Waals surface area (Å²) >= 11 is 6.17. The van der Waals surface area contributed by atoms with Gasteiger partial charge in [0.05, 0.1) is 18.7 Å². The molecule has 4 nitrogen and oxygen atoms in total. The van der Waals surface area contributed by atoms with Crippen molar-refractivity contribution < 1.29 is 14.3 Å². The maximum absolute atomic E-state index is 10.8. The van der Waals surface area contributed by atoms with E-state index in [1.807, 2.05) is 0 Å². The lowest BCUT2D eigenvalue weighted by molar-refractivity contribution is 0.112. The van der Waals surface area contributed by atoms with Gasteiger partial charge in [-0.05, 0) is 45.0 Å². The minimum absolute atomic E-state index is 0.411. The lowest BCUT2D eigenvalue weighted by Gasteiger charge is -2.32. The first kappa shape index (κ1) is 16.1. The molecule has 5 heteroatoms. The zero-order valence-corrected chi connectivity index (χ0v) is 13.4. The highest BCUT2D eigenvalue weighted by Gasteiger charge is 2.19. The lowest BCUT2D eigenvalue weighted by Crippen LogP contribution is -2.37. The van der Waals surface area contributed by atoms with Gasteiger partial charge in [0.1, 0.15) is 6.29 Å². The molecule has 0 N–H and O–H groups in total. The second-order valence-electron chi connectivity index (χ2n) is 5.42. The van der Waals surface area contributed by atoms with E-state index in [2.05, 4.69) is 11.9 Å². The summed E-state index contributed by atoms with van der Waals surface area (Å²) in [5.41, 5.74) is 0.483. The molecule has 116 valence electrons. The van der Waals surface area contributed by atoms with Gasteiger partial charge >= 0.3 is 0 Å². The van der Waals surface area contributed by atoms with E-state index in [9.17, 15) is 4.79 Å². The first-order valence-corrected chi connectivity index (χ1v) is 7.69. The highest BCUT2D eigenvalue weighted by atomic mass is 35.5. The maximum Gasteiger partial charge on any atom is 0.179 e. The summed E-state index contributed by atoms with van der Waals surface area (Å²) in [7, 11) is 3.71. The molecule has 0 aromatic heterocycles. The van der Waals surface area contributed by atoms with Crippen LogP contribution in [-0.2, 0) is 0 Å². The first-order chi connectivity index (χ1) is 10.2. The largest absolute Gasteiger partial charge is 0.493 e. The van der Waals surface area contributed by atoms with Crippen molar-refractivity contribution in [1.82, 2.24) is 4.90 Å². The summed E-state index contributed by atoms with van der Waals surface area (Å²) in [6.07, 6.45) is 5.49. The summed E-state index contributed by atoms with van der Waals surface area (Å²) in [6, 6.07) is 3.80. The second-order valence-corrected chi connectivity index (χ2v) is 5.83. The number of likely N-dealkylation sites (tertiary alicyclic amines) is 1. The van der Waals surface area contributed by atoms with Crippen molar-refractivity contribution in [2.45, 2.75) is 31.7 Å². The van der Waals surface area contributed by atoms with Crippen LogP contribution in [0, 0.1) is 0 Å². The fourth-order valence-electron chi connectivity index (χ4n) is 2.75. The molecule has 21 heavy (non-hydrogen) atoms. The van der Waals surface area contributed by atoms with E-state index >= 15 is 0 Å². The molecule has 1 heterocycles. The Morgan fingerprint density at radius 3 is 2.90 bits per heavy atom. The molecule has 1 aliphatic heterocycles. The number of halogens is 1. The predicted molar refractivity (Wildman–Crippen MR) is 83.8 cm³/mol. The average Bonchev–Trinajstić information content (AvgIpc) is 2.50. The SMILES string of the molecule is COc1cc(C=O)cc(Cl)c1OCCC1CCCCN1C. The second kappa shape index (κ2) is 7.66. The number of aldehydes is 1. The van der Waals surface area contributed by atoms with E-state index in [1.165, 1.54) is 19.3 Å². The van der Waals surface area contributed by atoms with Crippen molar-refractivity contribution in [1.29, 1.82) is 0 Å². The molecule has 2 rings (SSSR count). The van der Waals surface area contributed by atoms with Crippen molar-refractivity contribution in [3.05, 3.63) is 22.7 Å². The molecule has 0 radical (unpaired) electrons. The normalized spacial score (nSPS) is 19.3. The molecular weight excluding hydrogens is 290 g/mol. The van der Waals surface area contributed by atoms with Crippen molar-refractivity contribution in [3.8, 4) is 11.5 Å². The monoisotopic (exact) mass is 311 g/mol. The molecular formula is C16H22ClNO3. The highest BCUT2D eigenvalue weighted by molar-refractivity contribution is 6.32. The van der Waals surface area contributed by atoms with E-state index in [-0.39, 0.29) is 0 Å². The van der Waals surface area contributed by atoms with Crippen molar-refractivity contribution in [3.63, 3.8) is 0 Å². The van der Waals surface area contributed by atoms with Gasteiger partial charge in [0.2, 0.25) is 0 Å². The maximum atomic E-state index is 10.8. The van der Waals surface area contributed by atoms with E-state index < -0.39 is 0 Å². The smallest absolute Gasteiger partial charge is 0.179 e. The Morgan fingerprint density at radius 1 is 1.43 bits per heavy atom. The third kappa shape index (κ3) is 4.11. The topological polar surface area (TPSA) is 38.8 Å². The Kier molecular flexibility index (Phi) is 5.88. The minimum atomic E-state index is 0.411. The van der Waals surface area contributed by atoms with E-state index in [1.54, 1.807) is 19.2 Å². The zero-order chi connectivity index (χ0) is 15.2. The number of hydrogen-bond donors (Lipinski definition) is 0. The molecule has 1 atom stereocenters. The van der Waals surface area contributed by atoms with Gasteiger partial charge in [-0.25, -0.2) is 0 Å². The van der Waals surface area contributed by atoms with Gasteiger partial charge in [-0.15, -0.1) is 0 Å². The summed E-state index contributed by atoms with van der Waals surface area (Å²) in [5, 5.41) is 0.411. The molecule has 1 aromatic rings. The van der Waals surface area contributed by atoms with Crippen LogP contribution in [0.15, 0.2) is 12.1 Å². The van der Waals surface area contributed by atoms with Crippen LogP contribution in [0.1, 0.15) is 36.0 Å². The summed E-state index contributed by atoms with van der Waals surface area (Å²) in [6.45, 7) is 1.74. The number of carbonyl (C=O) groups excluding carboxylic acids is 1. The number of methoxy groups -OCH3 is 1. The minimum Gasteiger partial charge on any atom is -0.493 e. The fourth-order valence-corrected chi connectivity index (χ4v) is 3.03. The zero-order valence-electron chi connectivity index (χ0n) is 12.6. The van der Waals surface area contributed by atoms with Crippen LogP contribution in [0.2, 0.25) is 5.02 Å². The number of ether oxygens (including phenoxy) is 2. The van der Waals surface area contributed by atoms with E-state index in [0.717, 1.165) is 19.3 Å². The molecule has 1 fully saturated rings. The number of piperidine rings is 1. The molecule has 1 aromatic carbocycles. The number of carbonyl (C=O) groups is 1. The summed E-state index contributed by atoms with van der Waals surface area (Å²) in [4.78, 5) is 13.2. The van der Waals surface area contributed by atoms with Crippen LogP contribution in [0.5, 0.6) is 11.5 Å². The molecule has 0 spiro atoms. The molecule has 1 unspecified atom stereocenters. The van der Waals surface area contributed by atoms with Gasteiger partial charge < -0.3 is 14.4 Å². The predicted octanol–water partition coefficient (Wildman–Crippen LogP) is 3.41. The third-order valence-corrected chi connectivity index (χ3v) is 4.29. The van der Waals surface area contributed by atoms with Gasteiger partial charge in [-0.3, -0.25) is 4.79 Å². The molecule has 0 aliphatic carbocycles. The van der Waals surface area contributed by atoms with Gasteiger partial charge in [-0.1, -0.05) is 18.0 Å². The van der Waals surface area contributed by atoms with Crippen LogP contribution in [-0.4, -0.2) is 44.5 Å². The van der Waals surface area contributed by atoms with Crippen LogP contribution >= 0.6 is 11.6 Å². The van der Waals surface area contributed by atoms with Crippen LogP contribution < -0.4 is 9.47 Å². The number of rotatable bonds is 6. The number of nitrogens with zero attached hydrogens (tertiary/aromatic N) is 1. The molecule has 0 saturated carbocycles. The Bertz CT molecular complexity index is 493. The average molecular weight is 312 g/mol. The molecule has 1 aliphatic rings. The van der Waals surface area contributed by atoms with Crippen molar-refractivity contribution in [2.24, 2.45) is 0 Å². The standard InChI is InChI=1S/C16H22ClNO3/c1-18-7-4-3-5-13(18)6-8-21-16-14(17)9-12(11-19)10-15(16)20-2/h9-11,13H,3-8H2,1-2H3. The Morgan fingerprint density at radius 2 is 2.24 bits per heavy atom. The lowest BCUT2D eigenvalue weighted by atomic mass is 10.0. The first-order valence-electron chi connectivity index (χ1n) is 7.31. The van der Waals surface area contributed by atoms with Gasteiger partial charge in [0.25, 0.3) is 0 Å². The van der Waals surface area contributed by atoms with Gasteiger partial charge in [-0.2, -0.15) is 0 Å². The van der Waals surface area contributed by atoms with Crippen LogP contribution in [0.4, 0.5) is 0 Å². The van der Waals surface area contributed by atoms with Crippen molar-refractivity contribution in [2.75, 3.05) is 27.3 Å². The van der Waals surface area contributed by atoms with Gasteiger partial charge in [0.15, 0.2) is 11.5 Å². The Hall–Kier alpha value is -1.26. The number of benzene rings is 1. The molecule has 0 amide bonds. The summed E-state index contributed by atoms with van der Waals surface area (Å²) in [5.74, 6) is 1.02.